The second-order valence-electron chi connectivity index (χ2n) is 4.84. The Hall–Kier alpha value is -2.10. The van der Waals surface area contributed by atoms with Gasteiger partial charge in [0.2, 0.25) is 0 Å². The van der Waals surface area contributed by atoms with Crippen molar-refractivity contribution in [2.45, 2.75) is 33.6 Å². The molecule has 0 atom stereocenters. The van der Waals surface area contributed by atoms with E-state index >= 15 is 0 Å². The van der Waals surface area contributed by atoms with Crippen LogP contribution < -0.4 is 11.1 Å². The Labute approximate surface area is 114 Å². The van der Waals surface area contributed by atoms with Crippen LogP contribution in [-0.2, 0) is 6.42 Å². The van der Waals surface area contributed by atoms with Gasteiger partial charge < -0.3 is 11.1 Å². The van der Waals surface area contributed by atoms with E-state index in [2.05, 4.69) is 54.3 Å². The standard InChI is InChI=1S/C15H20N4/c1-4-5-13-14(16)17-9-18-15(13)19-12-7-10(2)6-11(3)8-12/h6-9H,4-5H2,1-3H3,(H3,16,17,18,19). The summed E-state index contributed by atoms with van der Waals surface area (Å²) in [5.74, 6) is 1.36. The van der Waals surface area contributed by atoms with Crippen LogP contribution in [0.4, 0.5) is 17.3 Å². The van der Waals surface area contributed by atoms with E-state index < -0.39 is 0 Å². The summed E-state index contributed by atoms with van der Waals surface area (Å²) in [5.41, 5.74) is 10.4. The van der Waals surface area contributed by atoms with Gasteiger partial charge in [0.25, 0.3) is 0 Å². The molecule has 1 aromatic carbocycles. The third kappa shape index (κ3) is 3.22. The predicted octanol–water partition coefficient (Wildman–Crippen LogP) is 3.37. The first kappa shape index (κ1) is 13.3. The molecule has 0 spiro atoms. The number of aryl methyl sites for hydroxylation is 2. The van der Waals surface area contributed by atoms with Gasteiger partial charge in [-0.15, -0.1) is 0 Å². The number of aromatic nitrogens is 2. The van der Waals surface area contributed by atoms with Crippen molar-refractivity contribution in [2.24, 2.45) is 0 Å². The highest BCUT2D eigenvalue weighted by molar-refractivity contribution is 5.64. The molecule has 100 valence electrons. The highest BCUT2D eigenvalue weighted by Gasteiger charge is 2.08. The summed E-state index contributed by atoms with van der Waals surface area (Å²) in [4.78, 5) is 8.37. The Morgan fingerprint density at radius 1 is 1.11 bits per heavy atom. The van der Waals surface area contributed by atoms with Crippen molar-refractivity contribution < 1.29 is 0 Å². The average molecular weight is 256 g/mol. The largest absolute Gasteiger partial charge is 0.383 e. The molecule has 0 amide bonds. The zero-order valence-corrected chi connectivity index (χ0v) is 11.7. The number of nitrogens with two attached hydrogens (primary N) is 1. The number of rotatable bonds is 4. The topological polar surface area (TPSA) is 63.8 Å². The molecule has 0 unspecified atom stereocenters. The van der Waals surface area contributed by atoms with E-state index in [0.29, 0.717) is 5.82 Å². The Balaban J connectivity index is 2.34. The van der Waals surface area contributed by atoms with E-state index in [9.17, 15) is 0 Å². The molecule has 0 fully saturated rings. The van der Waals surface area contributed by atoms with Gasteiger partial charge in [-0.25, -0.2) is 9.97 Å². The molecule has 19 heavy (non-hydrogen) atoms. The molecular formula is C15H20N4. The van der Waals surface area contributed by atoms with Gasteiger partial charge in [0.15, 0.2) is 0 Å². The van der Waals surface area contributed by atoms with Crippen LogP contribution >= 0.6 is 0 Å². The monoisotopic (exact) mass is 256 g/mol. The van der Waals surface area contributed by atoms with Crippen molar-refractivity contribution >= 4 is 17.3 Å². The fourth-order valence-corrected chi connectivity index (χ4v) is 2.21. The van der Waals surface area contributed by atoms with E-state index in [1.54, 1.807) is 0 Å². The first-order valence-corrected chi connectivity index (χ1v) is 6.54. The molecule has 0 radical (unpaired) electrons. The molecule has 2 rings (SSSR count). The molecular weight excluding hydrogens is 236 g/mol. The summed E-state index contributed by atoms with van der Waals surface area (Å²) in [5, 5.41) is 3.35. The summed E-state index contributed by atoms with van der Waals surface area (Å²) in [6.45, 7) is 6.28. The first-order valence-electron chi connectivity index (χ1n) is 6.54. The molecule has 0 aliphatic rings. The second-order valence-corrected chi connectivity index (χ2v) is 4.84. The average Bonchev–Trinajstić information content (AvgIpc) is 2.32. The minimum Gasteiger partial charge on any atom is -0.383 e. The fourth-order valence-electron chi connectivity index (χ4n) is 2.21. The van der Waals surface area contributed by atoms with Gasteiger partial charge in [0.1, 0.15) is 18.0 Å². The van der Waals surface area contributed by atoms with Crippen LogP contribution in [0.3, 0.4) is 0 Å². The SMILES string of the molecule is CCCc1c(N)ncnc1Nc1cc(C)cc(C)c1. The zero-order chi connectivity index (χ0) is 13.8. The van der Waals surface area contributed by atoms with Gasteiger partial charge in [-0.1, -0.05) is 19.4 Å². The highest BCUT2D eigenvalue weighted by Crippen LogP contribution is 2.24. The minimum atomic E-state index is 0.559. The lowest BCUT2D eigenvalue weighted by atomic mass is 10.1. The van der Waals surface area contributed by atoms with E-state index in [1.165, 1.54) is 17.5 Å². The Bertz CT molecular complexity index is 558. The molecule has 0 saturated carbocycles. The van der Waals surface area contributed by atoms with Gasteiger partial charge in [-0.05, 0) is 43.5 Å². The predicted molar refractivity (Wildman–Crippen MR) is 79.6 cm³/mol. The smallest absolute Gasteiger partial charge is 0.139 e. The highest BCUT2D eigenvalue weighted by atomic mass is 15.0. The maximum Gasteiger partial charge on any atom is 0.139 e. The minimum absolute atomic E-state index is 0.559. The molecule has 4 nitrogen and oxygen atoms in total. The summed E-state index contributed by atoms with van der Waals surface area (Å²) < 4.78 is 0. The van der Waals surface area contributed by atoms with Crippen LogP contribution in [0.25, 0.3) is 0 Å². The Kier molecular flexibility index (Phi) is 4.00. The normalized spacial score (nSPS) is 10.5. The van der Waals surface area contributed by atoms with Crippen molar-refractivity contribution in [1.29, 1.82) is 0 Å². The third-order valence-corrected chi connectivity index (χ3v) is 2.96. The maximum absolute atomic E-state index is 5.93. The zero-order valence-electron chi connectivity index (χ0n) is 11.7. The Morgan fingerprint density at radius 2 is 1.79 bits per heavy atom. The van der Waals surface area contributed by atoms with Gasteiger partial charge in [0, 0.05) is 11.3 Å². The van der Waals surface area contributed by atoms with Crippen molar-refractivity contribution in [1.82, 2.24) is 9.97 Å². The lowest BCUT2D eigenvalue weighted by Gasteiger charge is -2.12. The van der Waals surface area contributed by atoms with E-state index in [0.717, 1.165) is 29.9 Å². The summed E-state index contributed by atoms with van der Waals surface area (Å²) >= 11 is 0. The number of nitrogen functional groups attached to an aromatic ring is 1. The van der Waals surface area contributed by atoms with Crippen molar-refractivity contribution in [3.8, 4) is 0 Å². The molecule has 1 aromatic heterocycles. The molecule has 2 aromatic rings. The van der Waals surface area contributed by atoms with Crippen molar-refractivity contribution in [2.75, 3.05) is 11.1 Å². The third-order valence-electron chi connectivity index (χ3n) is 2.96. The van der Waals surface area contributed by atoms with Crippen molar-refractivity contribution in [3.63, 3.8) is 0 Å². The van der Waals surface area contributed by atoms with Gasteiger partial charge in [-0.2, -0.15) is 0 Å². The molecule has 4 heteroatoms. The molecule has 0 bridgehead atoms. The maximum atomic E-state index is 5.93. The van der Waals surface area contributed by atoms with Crippen LogP contribution in [0.5, 0.6) is 0 Å². The number of hydrogen-bond acceptors (Lipinski definition) is 4. The van der Waals surface area contributed by atoms with Gasteiger partial charge >= 0.3 is 0 Å². The molecule has 0 saturated heterocycles. The molecule has 0 aliphatic heterocycles. The molecule has 1 heterocycles. The Morgan fingerprint density at radius 3 is 2.42 bits per heavy atom. The van der Waals surface area contributed by atoms with Crippen LogP contribution in [-0.4, -0.2) is 9.97 Å². The van der Waals surface area contributed by atoms with Crippen LogP contribution in [0, 0.1) is 13.8 Å². The fraction of sp³-hybridized carbons (Fsp3) is 0.333. The summed E-state index contributed by atoms with van der Waals surface area (Å²) in [7, 11) is 0. The molecule has 0 aliphatic carbocycles. The second kappa shape index (κ2) is 5.69. The molecule has 3 N–H and O–H groups in total. The number of benzene rings is 1. The van der Waals surface area contributed by atoms with E-state index in [1.807, 2.05) is 0 Å². The summed E-state index contributed by atoms with van der Waals surface area (Å²) in [6.07, 6.45) is 3.39. The lowest BCUT2D eigenvalue weighted by molar-refractivity contribution is 0.908. The number of hydrogen-bond donors (Lipinski definition) is 2. The van der Waals surface area contributed by atoms with Crippen molar-refractivity contribution in [3.05, 3.63) is 41.2 Å². The van der Waals surface area contributed by atoms with Gasteiger partial charge in [0.05, 0.1) is 0 Å². The summed E-state index contributed by atoms with van der Waals surface area (Å²) in [6, 6.07) is 6.34. The van der Waals surface area contributed by atoms with Gasteiger partial charge in [-0.3, -0.25) is 0 Å². The number of nitrogens with one attached hydrogen (secondary N) is 1. The number of anilines is 3. The first-order chi connectivity index (χ1) is 9.10. The van der Waals surface area contributed by atoms with Crippen LogP contribution in [0.1, 0.15) is 30.0 Å². The van der Waals surface area contributed by atoms with E-state index in [4.69, 9.17) is 5.73 Å². The van der Waals surface area contributed by atoms with E-state index in [-0.39, 0.29) is 0 Å². The number of nitrogens with zero attached hydrogens (tertiary/aromatic N) is 2. The quantitative estimate of drug-likeness (QED) is 0.880. The van der Waals surface area contributed by atoms with Crippen LogP contribution in [0.2, 0.25) is 0 Å². The van der Waals surface area contributed by atoms with Crippen LogP contribution in [0.15, 0.2) is 24.5 Å². The lowest BCUT2D eigenvalue weighted by Crippen LogP contribution is -2.05.